The van der Waals surface area contributed by atoms with Gasteiger partial charge >= 0.3 is 0 Å². The first-order valence-electron chi connectivity index (χ1n) is 4.66. The van der Waals surface area contributed by atoms with E-state index in [1.165, 1.54) is 12.8 Å². The van der Waals surface area contributed by atoms with Crippen LogP contribution in [-0.2, 0) is 0 Å². The molecule has 0 aliphatic heterocycles. The van der Waals surface area contributed by atoms with Gasteiger partial charge in [-0.15, -0.1) is 0 Å². The number of hydrogen-bond donors (Lipinski definition) is 1. The van der Waals surface area contributed by atoms with Gasteiger partial charge in [-0.05, 0) is 25.0 Å². The summed E-state index contributed by atoms with van der Waals surface area (Å²) in [4.78, 5) is 1.97. The molecule has 0 heterocycles. The van der Waals surface area contributed by atoms with Crippen LogP contribution in [-0.4, -0.2) is 12.9 Å². The van der Waals surface area contributed by atoms with Crippen molar-refractivity contribution in [2.24, 2.45) is 5.92 Å². The van der Waals surface area contributed by atoms with Crippen molar-refractivity contribution < 1.29 is 0 Å². The minimum absolute atomic E-state index is 0.519. The van der Waals surface area contributed by atoms with Gasteiger partial charge in [0.15, 0.2) is 0 Å². The van der Waals surface area contributed by atoms with Gasteiger partial charge in [0.25, 0.3) is 0 Å². The zero-order valence-corrected chi connectivity index (χ0v) is 7.83. The number of amidine groups is 1. The highest BCUT2D eigenvalue weighted by Crippen LogP contribution is 2.32. The molecule has 0 unspecified atom stereocenters. The Kier molecular flexibility index (Phi) is 2.05. The molecule has 2 heteroatoms. The van der Waals surface area contributed by atoms with Crippen molar-refractivity contribution in [1.82, 2.24) is 0 Å². The third-order valence-corrected chi connectivity index (χ3v) is 2.47. The molecule has 1 aromatic rings. The highest BCUT2D eigenvalue weighted by molar-refractivity contribution is 5.97. The Morgan fingerprint density at radius 2 is 1.92 bits per heavy atom. The molecule has 1 fully saturated rings. The largest absolute Gasteiger partial charge is 0.333 e. The van der Waals surface area contributed by atoms with Crippen LogP contribution in [0, 0.1) is 11.3 Å². The molecule has 0 bridgehead atoms. The Morgan fingerprint density at radius 1 is 1.31 bits per heavy atom. The van der Waals surface area contributed by atoms with Crippen molar-refractivity contribution in [3.8, 4) is 0 Å². The van der Waals surface area contributed by atoms with Crippen LogP contribution in [0.2, 0.25) is 0 Å². The van der Waals surface area contributed by atoms with Crippen LogP contribution in [0.25, 0.3) is 0 Å². The van der Waals surface area contributed by atoms with Crippen LogP contribution < -0.4 is 4.90 Å². The van der Waals surface area contributed by atoms with E-state index in [4.69, 9.17) is 5.41 Å². The molecular formula is C11H14N2. The third-order valence-electron chi connectivity index (χ3n) is 2.47. The lowest BCUT2D eigenvalue weighted by Crippen LogP contribution is -2.26. The quantitative estimate of drug-likeness (QED) is 0.541. The van der Waals surface area contributed by atoms with E-state index in [2.05, 4.69) is 0 Å². The van der Waals surface area contributed by atoms with Crippen LogP contribution >= 0.6 is 0 Å². The van der Waals surface area contributed by atoms with E-state index in [-0.39, 0.29) is 0 Å². The molecule has 68 valence electrons. The number of rotatable bonds is 2. The first-order valence-corrected chi connectivity index (χ1v) is 4.66. The normalized spacial score (nSPS) is 15.5. The Hall–Kier alpha value is -1.31. The topological polar surface area (TPSA) is 27.1 Å². The molecule has 0 aromatic heterocycles. The van der Waals surface area contributed by atoms with Gasteiger partial charge < -0.3 is 4.90 Å². The van der Waals surface area contributed by atoms with Crippen molar-refractivity contribution >= 4 is 11.5 Å². The Morgan fingerprint density at radius 3 is 2.46 bits per heavy atom. The average Bonchev–Trinajstić information content (AvgIpc) is 3.00. The Bertz CT molecular complexity index is 301. The van der Waals surface area contributed by atoms with E-state index < -0.39 is 0 Å². The molecule has 0 spiro atoms. The number of anilines is 1. The van der Waals surface area contributed by atoms with Crippen molar-refractivity contribution in [2.75, 3.05) is 11.9 Å². The summed E-state index contributed by atoms with van der Waals surface area (Å²) in [6.07, 6.45) is 2.38. The van der Waals surface area contributed by atoms with Crippen LogP contribution in [0.5, 0.6) is 0 Å². The van der Waals surface area contributed by atoms with E-state index in [9.17, 15) is 0 Å². The first-order chi connectivity index (χ1) is 6.29. The number of nitrogens with one attached hydrogen (secondary N) is 1. The summed E-state index contributed by atoms with van der Waals surface area (Å²) in [5.74, 6) is 1.27. The van der Waals surface area contributed by atoms with E-state index in [0.717, 1.165) is 11.5 Å². The molecular weight excluding hydrogens is 160 g/mol. The van der Waals surface area contributed by atoms with Crippen LogP contribution in [0.15, 0.2) is 30.3 Å². The highest BCUT2D eigenvalue weighted by Gasteiger charge is 2.28. The maximum Gasteiger partial charge on any atom is 0.103 e. The molecule has 1 aliphatic rings. The second-order valence-electron chi connectivity index (χ2n) is 3.55. The van der Waals surface area contributed by atoms with Gasteiger partial charge in [-0.2, -0.15) is 0 Å². The first kappa shape index (κ1) is 8.30. The fraction of sp³-hybridized carbons (Fsp3) is 0.364. The molecule has 0 radical (unpaired) electrons. The summed E-state index contributed by atoms with van der Waals surface area (Å²) in [6.45, 7) is 0. The summed E-state index contributed by atoms with van der Waals surface area (Å²) < 4.78 is 0. The monoisotopic (exact) mass is 174 g/mol. The van der Waals surface area contributed by atoms with Gasteiger partial charge in [-0.25, -0.2) is 0 Å². The minimum Gasteiger partial charge on any atom is -0.333 e. The molecule has 2 rings (SSSR count). The molecule has 1 aliphatic carbocycles. The molecule has 13 heavy (non-hydrogen) atoms. The minimum atomic E-state index is 0.519. The standard InChI is InChI=1S/C11H14N2/c1-13(11(12)9-7-8-9)10-5-3-2-4-6-10/h2-6,9,12H,7-8H2,1H3. The summed E-state index contributed by atoms with van der Waals surface area (Å²) in [5.41, 5.74) is 1.11. The van der Waals surface area contributed by atoms with Gasteiger partial charge in [0, 0.05) is 18.7 Å². The van der Waals surface area contributed by atoms with E-state index >= 15 is 0 Å². The number of nitrogens with zero attached hydrogens (tertiary/aromatic N) is 1. The van der Waals surface area contributed by atoms with Gasteiger partial charge in [-0.1, -0.05) is 18.2 Å². The number of benzene rings is 1. The van der Waals surface area contributed by atoms with Gasteiger partial charge in [-0.3, -0.25) is 5.41 Å². The fourth-order valence-electron chi connectivity index (χ4n) is 1.42. The van der Waals surface area contributed by atoms with Crippen LogP contribution in [0.4, 0.5) is 5.69 Å². The lowest BCUT2D eigenvalue weighted by atomic mass is 10.2. The summed E-state index contributed by atoms with van der Waals surface area (Å²) >= 11 is 0. The average molecular weight is 174 g/mol. The molecule has 1 aromatic carbocycles. The van der Waals surface area contributed by atoms with E-state index in [1.54, 1.807) is 0 Å². The maximum absolute atomic E-state index is 7.88. The number of para-hydroxylation sites is 1. The van der Waals surface area contributed by atoms with Gasteiger partial charge in [0.05, 0.1) is 0 Å². The van der Waals surface area contributed by atoms with Gasteiger partial charge in [0.2, 0.25) is 0 Å². The van der Waals surface area contributed by atoms with Gasteiger partial charge in [0.1, 0.15) is 5.84 Å². The fourth-order valence-corrected chi connectivity index (χ4v) is 1.42. The van der Waals surface area contributed by atoms with Crippen molar-refractivity contribution in [2.45, 2.75) is 12.8 Å². The lowest BCUT2D eigenvalue weighted by Gasteiger charge is -2.19. The number of hydrogen-bond acceptors (Lipinski definition) is 1. The van der Waals surface area contributed by atoms with Crippen molar-refractivity contribution in [3.63, 3.8) is 0 Å². The summed E-state index contributed by atoms with van der Waals surface area (Å²) in [7, 11) is 1.97. The molecule has 0 saturated heterocycles. The molecule has 0 atom stereocenters. The third kappa shape index (κ3) is 1.72. The van der Waals surface area contributed by atoms with Crippen LogP contribution in [0.1, 0.15) is 12.8 Å². The molecule has 0 amide bonds. The Labute approximate surface area is 78.7 Å². The lowest BCUT2D eigenvalue weighted by molar-refractivity contribution is 1.07. The van der Waals surface area contributed by atoms with E-state index in [0.29, 0.717) is 5.92 Å². The Balaban J connectivity index is 2.12. The van der Waals surface area contributed by atoms with Crippen molar-refractivity contribution in [1.29, 1.82) is 5.41 Å². The zero-order chi connectivity index (χ0) is 9.26. The predicted molar refractivity (Wildman–Crippen MR) is 55.3 cm³/mol. The second-order valence-corrected chi connectivity index (χ2v) is 3.55. The molecule has 1 saturated carbocycles. The summed E-state index contributed by atoms with van der Waals surface area (Å²) in [5, 5.41) is 7.88. The summed E-state index contributed by atoms with van der Waals surface area (Å²) in [6, 6.07) is 10.1. The predicted octanol–water partition coefficient (Wildman–Crippen LogP) is 2.51. The zero-order valence-electron chi connectivity index (χ0n) is 7.83. The molecule has 1 N–H and O–H groups in total. The molecule has 2 nitrogen and oxygen atoms in total. The second kappa shape index (κ2) is 3.21. The van der Waals surface area contributed by atoms with Crippen LogP contribution in [0.3, 0.4) is 0 Å². The SMILES string of the molecule is CN(C(=N)C1CC1)c1ccccc1. The maximum atomic E-state index is 7.88. The highest BCUT2D eigenvalue weighted by atomic mass is 15.1. The smallest absolute Gasteiger partial charge is 0.103 e. The van der Waals surface area contributed by atoms with Crippen molar-refractivity contribution in [3.05, 3.63) is 30.3 Å². The van der Waals surface area contributed by atoms with E-state index in [1.807, 2.05) is 42.3 Å².